The lowest BCUT2D eigenvalue weighted by atomic mass is 9.95. The molecule has 4 aromatic rings. The summed E-state index contributed by atoms with van der Waals surface area (Å²) in [6.45, 7) is 3.34. The van der Waals surface area contributed by atoms with Gasteiger partial charge in [0.2, 0.25) is 5.91 Å². The van der Waals surface area contributed by atoms with E-state index in [-0.39, 0.29) is 18.7 Å². The number of ether oxygens (including phenoxy) is 1. The van der Waals surface area contributed by atoms with Crippen LogP contribution in [0.25, 0.3) is 16.6 Å². The summed E-state index contributed by atoms with van der Waals surface area (Å²) in [4.78, 5) is 40.1. The first-order valence-electron chi connectivity index (χ1n) is 11.7. The first kappa shape index (κ1) is 23.9. The van der Waals surface area contributed by atoms with Crippen LogP contribution in [0.15, 0.2) is 35.3 Å². The summed E-state index contributed by atoms with van der Waals surface area (Å²) in [6.07, 6.45) is 5.15. The molecule has 11 heteroatoms. The fraction of sp³-hybridized carbons (Fsp3) is 0.320. The van der Waals surface area contributed by atoms with E-state index in [4.69, 9.17) is 4.74 Å². The van der Waals surface area contributed by atoms with Crippen molar-refractivity contribution in [2.75, 3.05) is 11.9 Å². The van der Waals surface area contributed by atoms with Crippen molar-refractivity contribution in [3.05, 3.63) is 68.3 Å². The Morgan fingerprint density at radius 1 is 1.19 bits per heavy atom. The normalized spacial score (nSPS) is 13.0. The maximum Gasteiger partial charge on any atom is 0.341 e. The highest BCUT2D eigenvalue weighted by Gasteiger charge is 2.27. The van der Waals surface area contributed by atoms with Crippen LogP contribution in [0.3, 0.4) is 0 Å². The average molecular weight is 510 g/mol. The highest BCUT2D eigenvalue weighted by molar-refractivity contribution is 7.17. The monoisotopic (exact) mass is 509 g/mol. The molecule has 0 bridgehead atoms. The second-order valence-electron chi connectivity index (χ2n) is 8.53. The molecule has 0 unspecified atom stereocenters. The number of halogens is 1. The number of nitrogens with one attached hydrogen (secondary N) is 1. The number of anilines is 1. The number of rotatable bonds is 6. The topological polar surface area (TPSA) is 108 Å². The Morgan fingerprint density at radius 2 is 1.94 bits per heavy atom. The Balaban J connectivity index is 1.47. The molecule has 1 amide bonds. The second-order valence-corrected chi connectivity index (χ2v) is 9.63. The van der Waals surface area contributed by atoms with Crippen LogP contribution >= 0.6 is 11.3 Å². The number of amides is 1. The number of benzene rings is 1. The minimum atomic E-state index is -0.510. The van der Waals surface area contributed by atoms with Crippen molar-refractivity contribution < 1.29 is 18.7 Å². The van der Waals surface area contributed by atoms with Gasteiger partial charge in [-0.2, -0.15) is 10.2 Å². The van der Waals surface area contributed by atoms with E-state index in [1.54, 1.807) is 13.8 Å². The fourth-order valence-corrected chi connectivity index (χ4v) is 5.78. The molecule has 0 saturated heterocycles. The summed E-state index contributed by atoms with van der Waals surface area (Å²) < 4.78 is 21.1. The van der Waals surface area contributed by atoms with Crippen molar-refractivity contribution in [3.63, 3.8) is 0 Å². The number of thiophene rings is 1. The molecule has 1 N–H and O–H groups in total. The lowest BCUT2D eigenvalue weighted by molar-refractivity contribution is -0.116. The van der Waals surface area contributed by atoms with Crippen LogP contribution in [0.4, 0.5) is 9.39 Å². The number of carbonyl (C=O) groups is 2. The quantitative estimate of drug-likeness (QED) is 0.396. The van der Waals surface area contributed by atoms with Gasteiger partial charge in [0.15, 0.2) is 0 Å². The summed E-state index contributed by atoms with van der Waals surface area (Å²) in [6, 6.07) is 5.60. The molecule has 1 aromatic carbocycles. The van der Waals surface area contributed by atoms with Crippen LogP contribution < -0.4 is 10.9 Å². The van der Waals surface area contributed by atoms with Gasteiger partial charge in [-0.1, -0.05) is 0 Å². The van der Waals surface area contributed by atoms with Crippen LogP contribution in [0.1, 0.15) is 46.3 Å². The van der Waals surface area contributed by atoms with Crippen molar-refractivity contribution in [2.24, 2.45) is 0 Å². The molecule has 0 radical (unpaired) electrons. The highest BCUT2D eigenvalue weighted by atomic mass is 32.1. The molecular weight excluding hydrogens is 485 g/mol. The van der Waals surface area contributed by atoms with Gasteiger partial charge in [-0.25, -0.2) is 18.5 Å². The largest absolute Gasteiger partial charge is 0.462 e. The molecule has 0 atom stereocenters. The molecule has 1 aliphatic carbocycles. The Kier molecular flexibility index (Phi) is 6.40. The minimum absolute atomic E-state index is 0.233. The Hall–Kier alpha value is -3.86. The van der Waals surface area contributed by atoms with Gasteiger partial charge >= 0.3 is 5.97 Å². The summed E-state index contributed by atoms with van der Waals surface area (Å²) in [5.74, 6) is -1.34. The molecule has 186 valence electrons. The summed E-state index contributed by atoms with van der Waals surface area (Å²) in [5.41, 5.74) is 2.10. The van der Waals surface area contributed by atoms with Crippen LogP contribution in [0.2, 0.25) is 0 Å². The van der Waals surface area contributed by atoms with Gasteiger partial charge in [-0.05, 0) is 69.4 Å². The Morgan fingerprint density at radius 3 is 2.69 bits per heavy atom. The van der Waals surface area contributed by atoms with E-state index < -0.39 is 23.3 Å². The molecule has 0 saturated carbocycles. The van der Waals surface area contributed by atoms with Crippen LogP contribution in [-0.4, -0.2) is 38.0 Å². The predicted molar refractivity (Wildman–Crippen MR) is 133 cm³/mol. The number of aromatic nitrogens is 4. The number of hydrogen-bond donors (Lipinski definition) is 1. The number of carbonyl (C=O) groups excluding carboxylic acids is 2. The van der Waals surface area contributed by atoms with Crippen molar-refractivity contribution in [2.45, 2.75) is 46.1 Å². The first-order chi connectivity index (χ1) is 17.4. The number of nitrogens with zero attached hydrogens (tertiary/aromatic N) is 4. The van der Waals surface area contributed by atoms with Gasteiger partial charge in [0.25, 0.3) is 5.56 Å². The third-order valence-electron chi connectivity index (χ3n) is 6.14. The van der Waals surface area contributed by atoms with E-state index in [2.05, 4.69) is 15.5 Å². The number of aryl methyl sites for hydroxylation is 2. The van der Waals surface area contributed by atoms with Gasteiger partial charge in [-0.15, -0.1) is 11.3 Å². The molecule has 0 fully saturated rings. The molecule has 3 aromatic heterocycles. The summed E-state index contributed by atoms with van der Waals surface area (Å²) in [5, 5.41) is 12.4. The number of hydrogen-bond acceptors (Lipinski definition) is 7. The van der Waals surface area contributed by atoms with Crippen LogP contribution in [-0.2, 0) is 28.9 Å². The number of fused-ring (bicyclic) bond motifs is 2. The third kappa shape index (κ3) is 4.30. The van der Waals surface area contributed by atoms with Gasteiger partial charge < -0.3 is 10.1 Å². The molecule has 0 spiro atoms. The molecule has 0 aliphatic heterocycles. The van der Waals surface area contributed by atoms with E-state index in [0.717, 1.165) is 40.8 Å². The van der Waals surface area contributed by atoms with E-state index in [9.17, 15) is 18.8 Å². The molecule has 36 heavy (non-hydrogen) atoms. The van der Waals surface area contributed by atoms with Gasteiger partial charge in [0, 0.05) is 10.3 Å². The van der Waals surface area contributed by atoms with E-state index in [1.165, 1.54) is 46.5 Å². The fourth-order valence-electron chi connectivity index (χ4n) is 4.48. The Bertz CT molecular complexity index is 1540. The van der Waals surface area contributed by atoms with Gasteiger partial charge in [-0.3, -0.25) is 9.59 Å². The zero-order chi connectivity index (χ0) is 25.4. The zero-order valence-electron chi connectivity index (χ0n) is 19.8. The number of esters is 1. The van der Waals surface area contributed by atoms with Crippen molar-refractivity contribution in [1.82, 2.24) is 19.6 Å². The van der Waals surface area contributed by atoms with E-state index in [0.29, 0.717) is 27.3 Å². The average Bonchev–Trinajstić information content (AvgIpc) is 3.45. The minimum Gasteiger partial charge on any atom is -0.462 e. The first-order valence-corrected chi connectivity index (χ1v) is 12.5. The lowest BCUT2D eigenvalue weighted by Crippen LogP contribution is -2.31. The van der Waals surface area contributed by atoms with Crippen molar-refractivity contribution in [3.8, 4) is 5.69 Å². The molecule has 1 aliphatic rings. The molecule has 5 rings (SSSR count). The molecule has 9 nitrogen and oxygen atoms in total. The van der Waals surface area contributed by atoms with Crippen LogP contribution in [0.5, 0.6) is 0 Å². The van der Waals surface area contributed by atoms with Gasteiger partial charge in [0.05, 0.1) is 29.7 Å². The smallest absolute Gasteiger partial charge is 0.341 e. The molecular formula is C25H24FN5O4S. The standard InChI is InChI=1S/C25H24FN5O4S/c1-3-35-25(34)21-17-6-4-5-7-19(17)36-23(21)28-20(32)13-30-24(33)22-18(14(2)29-30)12-27-31(22)16-10-8-15(26)9-11-16/h8-12H,3-7,13H2,1-2H3,(H,28,32). The molecule has 3 heterocycles. The lowest BCUT2D eigenvalue weighted by Gasteiger charge is -2.12. The van der Waals surface area contributed by atoms with Gasteiger partial charge in [0.1, 0.15) is 22.9 Å². The van der Waals surface area contributed by atoms with Crippen molar-refractivity contribution >= 4 is 39.1 Å². The van der Waals surface area contributed by atoms with E-state index in [1.807, 2.05) is 0 Å². The van der Waals surface area contributed by atoms with Crippen molar-refractivity contribution in [1.29, 1.82) is 0 Å². The second kappa shape index (κ2) is 9.65. The maximum absolute atomic E-state index is 13.4. The predicted octanol–water partition coefficient (Wildman–Crippen LogP) is 3.79. The third-order valence-corrected chi connectivity index (χ3v) is 7.34. The maximum atomic E-state index is 13.4. The summed E-state index contributed by atoms with van der Waals surface area (Å²) in [7, 11) is 0. The van der Waals surface area contributed by atoms with E-state index >= 15 is 0 Å². The SMILES string of the molecule is CCOC(=O)c1c(NC(=O)Cn2nc(C)c3cnn(-c4ccc(F)cc4)c3c2=O)sc2c1CCCC2. The summed E-state index contributed by atoms with van der Waals surface area (Å²) >= 11 is 1.38. The highest BCUT2D eigenvalue weighted by Crippen LogP contribution is 2.38. The zero-order valence-corrected chi connectivity index (χ0v) is 20.7. The van der Waals surface area contributed by atoms with Crippen LogP contribution in [0, 0.1) is 12.7 Å². The Labute approximate surface area is 209 Å².